The van der Waals surface area contributed by atoms with Crippen molar-refractivity contribution in [3.05, 3.63) is 89.3 Å². The molecule has 7 N–H and O–H groups in total. The summed E-state index contributed by atoms with van der Waals surface area (Å²) in [5, 5.41) is 34.9. The monoisotopic (exact) mass is 786 g/mol. The summed E-state index contributed by atoms with van der Waals surface area (Å²) in [5.41, 5.74) is 2.02. The highest BCUT2D eigenvalue weighted by Gasteiger charge is 2.27. The van der Waals surface area contributed by atoms with Crippen LogP contribution < -0.4 is 26.6 Å². The van der Waals surface area contributed by atoms with Crippen molar-refractivity contribution in [2.45, 2.75) is 65.1 Å². The van der Waals surface area contributed by atoms with E-state index in [-0.39, 0.29) is 35.3 Å². The topological polar surface area (TPSA) is 234 Å². The minimum Gasteiger partial charge on any atom is -0.455 e. The number of carbonyl (C=O) groups is 5. The highest BCUT2D eigenvalue weighted by molar-refractivity contribution is 6.40. The molecule has 0 bridgehead atoms. The highest BCUT2D eigenvalue weighted by Crippen LogP contribution is 2.25. The Hall–Kier alpha value is -6.33. The summed E-state index contributed by atoms with van der Waals surface area (Å²) in [7, 11) is 0. The number of aromatic nitrogens is 5. The molecule has 0 aliphatic carbocycles. The van der Waals surface area contributed by atoms with E-state index in [4.69, 9.17) is 16.3 Å². The van der Waals surface area contributed by atoms with Crippen molar-refractivity contribution in [3.63, 3.8) is 0 Å². The zero-order chi connectivity index (χ0) is 40.6. The molecule has 0 saturated heterocycles. The van der Waals surface area contributed by atoms with Crippen LogP contribution in [0.25, 0.3) is 16.6 Å². The Kier molecular flexibility index (Phi) is 13.0. The van der Waals surface area contributed by atoms with Gasteiger partial charge in [-0.3, -0.25) is 14.4 Å². The molecular weight excluding hydrogens is 744 g/mol. The molecule has 5 aromatic rings. The number of hydrogen-bond donors (Lipinski definition) is 7. The normalized spacial score (nSPS) is 12.9. The third-order valence-corrected chi connectivity index (χ3v) is 8.87. The van der Waals surface area contributed by atoms with Crippen LogP contribution in [0.2, 0.25) is 5.02 Å². The molecule has 0 saturated carbocycles. The molecular formula is C38H43ClN10O7. The summed E-state index contributed by atoms with van der Waals surface area (Å²) >= 11 is 6.17. The number of esters is 1. The lowest BCUT2D eigenvalue weighted by molar-refractivity contribution is -0.137. The molecule has 0 aliphatic rings. The van der Waals surface area contributed by atoms with Crippen LogP contribution in [-0.2, 0) is 25.5 Å². The zero-order valence-corrected chi connectivity index (χ0v) is 32.1. The molecule has 18 heteroatoms. The van der Waals surface area contributed by atoms with Gasteiger partial charge in [0.2, 0.25) is 5.91 Å². The molecule has 0 fully saturated rings. The molecule has 0 radical (unpaired) electrons. The molecule has 2 aromatic heterocycles. The predicted molar refractivity (Wildman–Crippen MR) is 209 cm³/mol. The van der Waals surface area contributed by atoms with Crippen LogP contribution >= 0.6 is 11.6 Å². The second-order valence-electron chi connectivity index (χ2n) is 14.0. The number of tetrazole rings is 1. The molecule has 2 heterocycles. The molecule has 0 aliphatic heterocycles. The standard InChI is InChI=1S/C38H43ClN10O7/c1-6-21(2)31(19-50)46-37(55)42-25-10-7-22(8-11-25)15-29(45-35(53)34(52)44-28-18-24(39)9-14-32(28)49-20-40-47-48-49)33(51)41-26-12-13-27-23(16-26)17-30(43-27)36(54)56-38(3,4)5/h7-14,16-18,20-21,29,31,43,50H,6,15,19H2,1-5H3,(H,41,51)(H,44,52)(H,45,53)(H2,42,46,55)/t21-,29-,31+/m0/s1. The number of benzene rings is 3. The second kappa shape index (κ2) is 17.9. The van der Waals surface area contributed by atoms with Crippen LogP contribution in [0, 0.1) is 5.92 Å². The van der Waals surface area contributed by atoms with Crippen LogP contribution in [0.3, 0.4) is 0 Å². The van der Waals surface area contributed by atoms with Crippen molar-refractivity contribution >= 4 is 69.3 Å². The fraction of sp³-hybridized carbons (Fsp3) is 0.316. The first-order valence-corrected chi connectivity index (χ1v) is 18.1. The van der Waals surface area contributed by atoms with E-state index in [2.05, 4.69) is 47.1 Å². The van der Waals surface area contributed by atoms with E-state index in [9.17, 15) is 29.1 Å². The SMILES string of the molecule is CC[C@H](C)[C@@H](CO)NC(=O)Nc1ccc(C[C@H](NC(=O)C(=O)Nc2cc(Cl)ccc2-n2cnnn2)C(=O)Nc2ccc3[nH]c(C(=O)OC(C)(C)C)cc3c2)cc1. The van der Waals surface area contributed by atoms with Gasteiger partial charge in [-0.05, 0) is 97.3 Å². The van der Waals surface area contributed by atoms with Crippen LogP contribution in [0.5, 0.6) is 0 Å². The third kappa shape index (κ3) is 10.9. The van der Waals surface area contributed by atoms with Gasteiger partial charge in [-0.15, -0.1) is 5.10 Å². The zero-order valence-electron chi connectivity index (χ0n) is 31.3. The fourth-order valence-corrected chi connectivity index (χ4v) is 5.69. The van der Waals surface area contributed by atoms with Gasteiger partial charge in [-0.2, -0.15) is 4.68 Å². The van der Waals surface area contributed by atoms with E-state index >= 15 is 0 Å². The number of urea groups is 1. The van der Waals surface area contributed by atoms with Crippen molar-refractivity contribution in [2.24, 2.45) is 5.92 Å². The average Bonchev–Trinajstić information content (AvgIpc) is 3.84. The molecule has 0 spiro atoms. The number of fused-ring (bicyclic) bond motifs is 1. The molecule has 5 rings (SSSR count). The number of aromatic amines is 1. The summed E-state index contributed by atoms with van der Waals surface area (Å²) in [6.45, 7) is 8.97. The Morgan fingerprint density at radius 2 is 1.64 bits per heavy atom. The molecule has 294 valence electrons. The number of aliphatic hydroxyl groups excluding tert-OH is 1. The molecule has 0 unspecified atom stereocenters. The van der Waals surface area contributed by atoms with Gasteiger partial charge in [-0.25, -0.2) is 9.59 Å². The van der Waals surface area contributed by atoms with Gasteiger partial charge in [0.1, 0.15) is 23.7 Å². The Morgan fingerprint density at radius 1 is 0.911 bits per heavy atom. The Labute approximate surface area is 326 Å². The van der Waals surface area contributed by atoms with Gasteiger partial charge >= 0.3 is 23.8 Å². The minimum absolute atomic E-state index is 0.0554. The Morgan fingerprint density at radius 3 is 2.30 bits per heavy atom. The minimum atomic E-state index is -1.27. The number of carbonyl (C=O) groups excluding carboxylic acids is 5. The van der Waals surface area contributed by atoms with E-state index in [1.165, 1.54) is 17.1 Å². The van der Waals surface area contributed by atoms with E-state index < -0.39 is 47.4 Å². The van der Waals surface area contributed by atoms with E-state index in [0.717, 1.165) is 6.42 Å². The number of hydrogen-bond acceptors (Lipinski definition) is 10. The van der Waals surface area contributed by atoms with Crippen molar-refractivity contribution in [1.29, 1.82) is 0 Å². The number of nitrogens with one attached hydrogen (secondary N) is 6. The summed E-state index contributed by atoms with van der Waals surface area (Å²) < 4.78 is 6.73. The van der Waals surface area contributed by atoms with Gasteiger partial charge in [-0.1, -0.05) is 44.0 Å². The van der Waals surface area contributed by atoms with Crippen molar-refractivity contribution in [1.82, 2.24) is 35.8 Å². The molecule has 5 amide bonds. The predicted octanol–water partition coefficient (Wildman–Crippen LogP) is 4.59. The first-order chi connectivity index (χ1) is 26.6. The smallest absolute Gasteiger partial charge is 0.355 e. The lowest BCUT2D eigenvalue weighted by Crippen LogP contribution is -2.49. The van der Waals surface area contributed by atoms with Crippen molar-refractivity contribution in [2.75, 3.05) is 22.6 Å². The van der Waals surface area contributed by atoms with Gasteiger partial charge in [0.25, 0.3) is 0 Å². The summed E-state index contributed by atoms with van der Waals surface area (Å²) in [4.78, 5) is 68.7. The number of amides is 5. The fourth-order valence-electron chi connectivity index (χ4n) is 5.52. The number of halogens is 1. The number of aliphatic hydroxyl groups is 1. The number of anilines is 3. The average molecular weight is 787 g/mol. The maximum Gasteiger partial charge on any atom is 0.355 e. The maximum atomic E-state index is 13.8. The summed E-state index contributed by atoms with van der Waals surface area (Å²) in [6, 6.07) is 15.5. The molecule has 3 atom stereocenters. The van der Waals surface area contributed by atoms with Crippen molar-refractivity contribution < 1.29 is 33.8 Å². The Balaban J connectivity index is 1.34. The van der Waals surface area contributed by atoms with Crippen molar-refractivity contribution in [3.8, 4) is 5.69 Å². The third-order valence-electron chi connectivity index (χ3n) is 8.63. The second-order valence-corrected chi connectivity index (χ2v) is 14.5. The van der Waals surface area contributed by atoms with Crippen LogP contribution in [0.1, 0.15) is 57.1 Å². The maximum absolute atomic E-state index is 13.8. The van der Waals surface area contributed by atoms with Gasteiger partial charge in [0, 0.05) is 33.7 Å². The van der Waals surface area contributed by atoms with E-state index in [1.807, 2.05) is 13.8 Å². The molecule has 3 aromatic carbocycles. The van der Waals surface area contributed by atoms with E-state index in [0.29, 0.717) is 33.5 Å². The number of nitrogens with zero attached hydrogens (tertiary/aromatic N) is 4. The quantitative estimate of drug-likeness (QED) is 0.0648. The van der Waals surface area contributed by atoms with Crippen LogP contribution in [-0.4, -0.2) is 84.3 Å². The first kappa shape index (κ1) is 40.8. The summed E-state index contributed by atoms with van der Waals surface area (Å²) in [6.07, 6.45) is 2.01. The lowest BCUT2D eigenvalue weighted by Gasteiger charge is -2.22. The largest absolute Gasteiger partial charge is 0.455 e. The van der Waals surface area contributed by atoms with Crippen LogP contribution in [0.15, 0.2) is 73.1 Å². The Bertz CT molecular complexity index is 2200. The lowest BCUT2D eigenvalue weighted by atomic mass is 10.0. The number of H-pyrrole nitrogens is 1. The summed E-state index contributed by atoms with van der Waals surface area (Å²) in [5.74, 6) is -3.33. The number of rotatable bonds is 13. The van der Waals surface area contributed by atoms with Gasteiger partial charge in [0.15, 0.2) is 0 Å². The number of ether oxygens (including phenoxy) is 1. The highest BCUT2D eigenvalue weighted by atomic mass is 35.5. The van der Waals surface area contributed by atoms with E-state index in [1.54, 1.807) is 81.4 Å². The molecule has 17 nitrogen and oxygen atoms in total. The first-order valence-electron chi connectivity index (χ1n) is 17.7. The van der Waals surface area contributed by atoms with Crippen LogP contribution in [0.4, 0.5) is 21.9 Å². The van der Waals surface area contributed by atoms with Gasteiger partial charge < -0.3 is 41.4 Å². The molecule has 56 heavy (non-hydrogen) atoms. The van der Waals surface area contributed by atoms with Gasteiger partial charge in [0.05, 0.1) is 24.0 Å².